The highest BCUT2D eigenvalue weighted by atomic mass is 16.5. The second-order valence-electron chi connectivity index (χ2n) is 7.27. The molecule has 0 saturated carbocycles. The highest BCUT2D eigenvalue weighted by Gasteiger charge is 2.22. The van der Waals surface area contributed by atoms with Gasteiger partial charge in [0.2, 0.25) is 0 Å². The van der Waals surface area contributed by atoms with Crippen LogP contribution in [0.5, 0.6) is 5.75 Å². The number of nitrogens with zero attached hydrogens (tertiary/aromatic N) is 4. The highest BCUT2D eigenvalue weighted by molar-refractivity contribution is 6.04. The lowest BCUT2D eigenvalue weighted by molar-refractivity contribution is 0.364. The maximum atomic E-state index is 6.13. The first-order valence-electron chi connectivity index (χ1n) is 10.1. The molecular formula is C24H23BN4O. The first kappa shape index (κ1) is 20.0. The number of hydrogen-bond acceptors (Lipinski definition) is 4. The molecule has 1 aromatic carbocycles. The molecular weight excluding hydrogens is 371 g/mol. The lowest BCUT2D eigenvalue weighted by Gasteiger charge is -2.20. The van der Waals surface area contributed by atoms with Gasteiger partial charge in [-0.05, 0) is 74.9 Å². The fraction of sp³-hybridized carbons (Fsp3) is 0.250. The number of hydrogen-bond donors (Lipinski definition) is 0. The Bertz CT molecular complexity index is 1120. The molecule has 0 aliphatic carbocycles. The third-order valence-corrected chi connectivity index (χ3v) is 5.35. The molecule has 4 rings (SSSR count). The van der Waals surface area contributed by atoms with E-state index in [9.17, 15) is 0 Å². The van der Waals surface area contributed by atoms with Gasteiger partial charge in [-0.15, -0.1) is 6.42 Å². The molecule has 0 spiro atoms. The van der Waals surface area contributed by atoms with Crippen LogP contribution in [0.15, 0.2) is 66.7 Å². The topological polar surface area (TPSA) is 43.2 Å². The van der Waals surface area contributed by atoms with Gasteiger partial charge in [0.05, 0.1) is 12.1 Å². The van der Waals surface area contributed by atoms with Crippen molar-refractivity contribution in [1.29, 1.82) is 0 Å². The molecule has 3 aromatic rings. The minimum absolute atomic E-state index is 0.306. The molecule has 0 amide bonds. The van der Waals surface area contributed by atoms with Gasteiger partial charge in [-0.3, -0.25) is 9.67 Å². The van der Waals surface area contributed by atoms with Gasteiger partial charge in [-0.25, -0.2) is 0 Å². The van der Waals surface area contributed by atoms with Crippen LogP contribution < -0.4 is 4.74 Å². The molecule has 0 bridgehead atoms. The summed E-state index contributed by atoms with van der Waals surface area (Å²) < 4.78 is 7.92. The predicted molar refractivity (Wildman–Crippen MR) is 121 cm³/mol. The van der Waals surface area contributed by atoms with Crippen LogP contribution in [0.4, 0.5) is 0 Å². The first-order valence-corrected chi connectivity index (χ1v) is 10.1. The van der Waals surface area contributed by atoms with E-state index in [0.717, 1.165) is 53.8 Å². The molecule has 1 atom stereocenters. The van der Waals surface area contributed by atoms with Gasteiger partial charge in [-0.1, -0.05) is 5.92 Å². The molecule has 3 heterocycles. The highest BCUT2D eigenvalue weighted by Crippen LogP contribution is 2.30. The summed E-state index contributed by atoms with van der Waals surface area (Å²) in [4.78, 5) is 6.24. The number of benzene rings is 1. The number of terminal acetylenes is 1. The van der Waals surface area contributed by atoms with Crippen LogP contribution in [0.1, 0.15) is 19.8 Å². The van der Waals surface area contributed by atoms with Gasteiger partial charge in [-0.2, -0.15) is 5.10 Å². The number of pyridine rings is 1. The smallest absolute Gasteiger partial charge is 0.182 e. The monoisotopic (exact) mass is 394 g/mol. The van der Waals surface area contributed by atoms with Crippen LogP contribution in [0.25, 0.3) is 22.2 Å². The number of ether oxygens (including phenoxy) is 1. The zero-order chi connectivity index (χ0) is 20.9. The molecule has 0 N–H and O–H groups in total. The van der Waals surface area contributed by atoms with E-state index in [4.69, 9.17) is 24.2 Å². The molecule has 148 valence electrons. The zero-order valence-corrected chi connectivity index (χ0v) is 17.0. The van der Waals surface area contributed by atoms with E-state index in [1.807, 2.05) is 54.3 Å². The summed E-state index contributed by atoms with van der Waals surface area (Å²) in [6.45, 7) is 3.61. The van der Waals surface area contributed by atoms with Crippen molar-refractivity contribution in [3.05, 3.63) is 66.7 Å². The van der Waals surface area contributed by atoms with Crippen LogP contribution in [-0.2, 0) is 6.54 Å². The fourth-order valence-corrected chi connectivity index (χ4v) is 3.77. The van der Waals surface area contributed by atoms with Gasteiger partial charge in [0.25, 0.3) is 0 Å². The Morgan fingerprint density at radius 3 is 2.87 bits per heavy atom. The minimum Gasteiger partial charge on any atom is -0.458 e. The summed E-state index contributed by atoms with van der Waals surface area (Å²) in [6, 6.07) is 10.2. The Morgan fingerprint density at radius 1 is 1.33 bits per heavy atom. The van der Waals surface area contributed by atoms with Crippen molar-refractivity contribution in [1.82, 2.24) is 19.6 Å². The lowest BCUT2D eigenvalue weighted by atomic mass is 10.1. The average Bonchev–Trinajstić information content (AvgIpc) is 3.35. The summed E-state index contributed by atoms with van der Waals surface area (Å²) in [5.74, 6) is 3.90. The van der Waals surface area contributed by atoms with Crippen LogP contribution in [0, 0.1) is 12.3 Å². The summed E-state index contributed by atoms with van der Waals surface area (Å²) in [6.07, 6.45) is 16.4. The molecule has 1 fully saturated rings. The second kappa shape index (κ2) is 9.02. The normalized spacial score (nSPS) is 17.6. The molecule has 1 aliphatic heterocycles. The molecule has 30 heavy (non-hydrogen) atoms. The lowest BCUT2D eigenvalue weighted by Crippen LogP contribution is -2.30. The first-order chi connectivity index (χ1) is 14.7. The van der Waals surface area contributed by atoms with Crippen molar-refractivity contribution in [2.24, 2.45) is 0 Å². The van der Waals surface area contributed by atoms with Crippen LogP contribution >= 0.6 is 0 Å². The molecule has 1 saturated heterocycles. The molecule has 1 aliphatic rings. The Kier molecular flexibility index (Phi) is 6.01. The molecule has 2 aromatic heterocycles. The molecule has 5 nitrogen and oxygen atoms in total. The van der Waals surface area contributed by atoms with Gasteiger partial charge >= 0.3 is 0 Å². The Balaban J connectivity index is 1.61. The Hall–Kier alpha value is -3.30. The largest absolute Gasteiger partial charge is 0.458 e. The van der Waals surface area contributed by atoms with E-state index < -0.39 is 0 Å². The van der Waals surface area contributed by atoms with Crippen LogP contribution in [0.3, 0.4) is 0 Å². The van der Waals surface area contributed by atoms with Crippen molar-refractivity contribution in [3.8, 4) is 29.4 Å². The van der Waals surface area contributed by atoms with E-state index in [0.29, 0.717) is 11.8 Å². The quantitative estimate of drug-likeness (QED) is 0.273. The predicted octanol–water partition coefficient (Wildman–Crippen LogP) is 4.12. The average molecular weight is 394 g/mol. The van der Waals surface area contributed by atoms with Crippen LogP contribution in [0.2, 0.25) is 0 Å². The third kappa shape index (κ3) is 4.17. The van der Waals surface area contributed by atoms with Crippen molar-refractivity contribution in [2.75, 3.05) is 6.54 Å². The molecule has 0 unspecified atom stereocenters. The maximum absolute atomic E-state index is 6.13. The number of aromatic nitrogens is 3. The van der Waals surface area contributed by atoms with Crippen LogP contribution in [-0.4, -0.2) is 40.1 Å². The van der Waals surface area contributed by atoms with Gasteiger partial charge in [0.15, 0.2) is 7.98 Å². The van der Waals surface area contributed by atoms with Gasteiger partial charge < -0.3 is 9.55 Å². The van der Waals surface area contributed by atoms with E-state index in [1.54, 1.807) is 18.3 Å². The fourth-order valence-electron chi connectivity index (χ4n) is 3.77. The Labute approximate surface area is 178 Å². The maximum Gasteiger partial charge on any atom is 0.182 e. The number of allylic oxidation sites excluding steroid dienone is 3. The summed E-state index contributed by atoms with van der Waals surface area (Å²) >= 11 is 0. The van der Waals surface area contributed by atoms with Crippen molar-refractivity contribution in [3.63, 3.8) is 0 Å². The van der Waals surface area contributed by atoms with Gasteiger partial charge in [0.1, 0.15) is 17.2 Å². The van der Waals surface area contributed by atoms with E-state index in [2.05, 4.69) is 15.6 Å². The van der Waals surface area contributed by atoms with Crippen molar-refractivity contribution in [2.45, 2.75) is 32.4 Å². The Morgan fingerprint density at radius 2 is 2.17 bits per heavy atom. The minimum atomic E-state index is 0.306. The zero-order valence-electron chi connectivity index (χ0n) is 17.0. The number of fused-ring (bicyclic) bond motifs is 1. The summed E-state index contributed by atoms with van der Waals surface area (Å²) in [7, 11) is 6.13. The van der Waals surface area contributed by atoms with E-state index in [-0.39, 0.29) is 0 Å². The second-order valence-corrected chi connectivity index (χ2v) is 7.27. The SMILES string of the molecule is [B]N1CCC[C@@H]1Cn1nc(-c2ccc(OC(/C=C\C#C)=C/C)cc2)c2cnccc21. The molecule has 2 radical (unpaired) electrons. The van der Waals surface area contributed by atoms with Crippen molar-refractivity contribution >= 4 is 18.9 Å². The summed E-state index contributed by atoms with van der Waals surface area (Å²) in [5.41, 5.74) is 2.98. The summed E-state index contributed by atoms with van der Waals surface area (Å²) in [5, 5.41) is 5.94. The standard InChI is InChI=1S/C24H23BN4O/c1-3-5-8-20(4-2)30-21-11-9-18(10-12-21)24-22-16-26-14-13-23(22)29(27-24)17-19-7-6-15-28(19)25/h1,4-5,8-14,16,19H,6-7,15,17H2,2H3/b8-5-,20-4+/t19-/m1/s1. The van der Waals surface area contributed by atoms with Gasteiger partial charge in [0, 0.05) is 29.4 Å². The number of rotatable bonds is 6. The van der Waals surface area contributed by atoms with E-state index >= 15 is 0 Å². The third-order valence-electron chi connectivity index (χ3n) is 5.35. The van der Waals surface area contributed by atoms with Crippen molar-refractivity contribution < 1.29 is 4.74 Å². The van der Waals surface area contributed by atoms with E-state index in [1.165, 1.54) is 0 Å². The molecule has 6 heteroatoms.